The molecule has 2 N–H and O–H groups in total. The summed E-state index contributed by atoms with van der Waals surface area (Å²) in [6.07, 6.45) is 0. The summed E-state index contributed by atoms with van der Waals surface area (Å²) in [5, 5.41) is 13.0. The second kappa shape index (κ2) is 10.9. The number of benzene rings is 4. The fraction of sp³-hybridized carbons (Fsp3) is 0.133. The van der Waals surface area contributed by atoms with Crippen molar-refractivity contribution < 1.29 is 19.4 Å². The molecule has 36 heavy (non-hydrogen) atoms. The van der Waals surface area contributed by atoms with Gasteiger partial charge in [-0.15, -0.1) is 0 Å². The average molecular weight is 481 g/mol. The molecule has 0 heterocycles. The molecule has 6 nitrogen and oxygen atoms in total. The van der Waals surface area contributed by atoms with Gasteiger partial charge < -0.3 is 9.84 Å². The van der Waals surface area contributed by atoms with Gasteiger partial charge in [-0.3, -0.25) is 15.0 Å². The van der Waals surface area contributed by atoms with Crippen molar-refractivity contribution in [2.45, 2.75) is 19.4 Å². The zero-order valence-corrected chi connectivity index (χ0v) is 20.2. The number of para-hydroxylation sites is 2. The first-order chi connectivity index (χ1) is 17.4. The predicted molar refractivity (Wildman–Crippen MR) is 139 cm³/mol. The Bertz CT molecular complexity index is 1260. The number of carbonyl (C=O) groups excluding carboxylic acids is 2. The monoisotopic (exact) mass is 480 g/mol. The molecule has 0 bridgehead atoms. The van der Waals surface area contributed by atoms with Crippen LogP contribution < -0.4 is 15.2 Å². The first-order valence-electron chi connectivity index (χ1n) is 11.6. The van der Waals surface area contributed by atoms with Gasteiger partial charge >= 0.3 is 0 Å². The first kappa shape index (κ1) is 24.7. The van der Waals surface area contributed by atoms with Crippen LogP contribution in [0.3, 0.4) is 0 Å². The largest absolute Gasteiger partial charge is 0.484 e. The van der Waals surface area contributed by atoms with Crippen LogP contribution in [-0.4, -0.2) is 23.5 Å². The van der Waals surface area contributed by atoms with Crippen LogP contribution in [0.4, 0.5) is 5.69 Å². The van der Waals surface area contributed by atoms with E-state index >= 15 is 0 Å². The number of anilines is 1. The maximum Gasteiger partial charge on any atom is 0.283 e. The summed E-state index contributed by atoms with van der Waals surface area (Å²) in [5.74, 6) is -0.748. The molecule has 0 aromatic heterocycles. The van der Waals surface area contributed by atoms with Gasteiger partial charge in [0.05, 0.1) is 5.69 Å². The van der Waals surface area contributed by atoms with Crippen molar-refractivity contribution in [1.82, 2.24) is 5.43 Å². The summed E-state index contributed by atoms with van der Waals surface area (Å²) < 4.78 is 5.63. The van der Waals surface area contributed by atoms with Crippen LogP contribution in [0.5, 0.6) is 5.75 Å². The highest BCUT2D eigenvalue weighted by atomic mass is 16.5. The molecular weight excluding hydrogens is 452 g/mol. The molecule has 0 spiro atoms. The second-order valence-corrected chi connectivity index (χ2v) is 8.55. The smallest absolute Gasteiger partial charge is 0.283 e. The third kappa shape index (κ3) is 5.45. The van der Waals surface area contributed by atoms with E-state index in [0.29, 0.717) is 22.6 Å². The maximum atomic E-state index is 13.8. The van der Waals surface area contributed by atoms with Crippen molar-refractivity contribution >= 4 is 17.5 Å². The van der Waals surface area contributed by atoms with Crippen LogP contribution in [0.15, 0.2) is 109 Å². The topological polar surface area (TPSA) is 78.9 Å². The van der Waals surface area contributed by atoms with Crippen molar-refractivity contribution in [3.63, 3.8) is 0 Å². The number of ether oxygens (including phenoxy) is 1. The average Bonchev–Trinajstić information content (AvgIpc) is 2.91. The molecule has 2 amide bonds. The minimum absolute atomic E-state index is 0.313. The van der Waals surface area contributed by atoms with Crippen LogP contribution in [-0.2, 0) is 15.2 Å². The summed E-state index contributed by atoms with van der Waals surface area (Å²) in [7, 11) is 0. The minimum Gasteiger partial charge on any atom is -0.484 e. The van der Waals surface area contributed by atoms with Crippen molar-refractivity contribution in [3.05, 3.63) is 131 Å². The van der Waals surface area contributed by atoms with Gasteiger partial charge in [-0.2, -0.15) is 0 Å². The van der Waals surface area contributed by atoms with E-state index in [0.717, 1.165) is 16.1 Å². The molecule has 4 aromatic rings. The molecule has 0 radical (unpaired) electrons. The Morgan fingerprint density at radius 1 is 0.750 bits per heavy atom. The third-order valence-electron chi connectivity index (χ3n) is 5.85. The van der Waals surface area contributed by atoms with Gasteiger partial charge in [0.1, 0.15) is 5.75 Å². The maximum absolute atomic E-state index is 13.8. The molecule has 6 heteroatoms. The van der Waals surface area contributed by atoms with Gasteiger partial charge in [-0.25, -0.2) is 5.01 Å². The molecular formula is C30H28N2O4. The lowest BCUT2D eigenvalue weighted by atomic mass is 9.85. The SMILES string of the molecule is Cc1ccc(C(O)(C(=O)NN(C(=O)COc2ccccc2)c2ccccc2)c2ccc(C)cc2)cc1. The number of carbonyl (C=O) groups is 2. The van der Waals surface area contributed by atoms with Gasteiger partial charge in [0.15, 0.2) is 12.2 Å². The molecule has 0 saturated heterocycles. The quantitative estimate of drug-likeness (QED) is 0.377. The summed E-state index contributed by atoms with van der Waals surface area (Å²) in [4.78, 5) is 27.0. The number of nitrogens with zero attached hydrogens (tertiary/aromatic N) is 1. The fourth-order valence-electron chi connectivity index (χ4n) is 3.78. The van der Waals surface area contributed by atoms with Crippen LogP contribution in [0, 0.1) is 13.8 Å². The lowest BCUT2D eigenvalue weighted by Gasteiger charge is -2.32. The summed E-state index contributed by atoms with van der Waals surface area (Å²) >= 11 is 0. The highest BCUT2D eigenvalue weighted by Crippen LogP contribution is 2.31. The van der Waals surface area contributed by atoms with Crippen LogP contribution >= 0.6 is 0 Å². The van der Waals surface area contributed by atoms with Crippen molar-refractivity contribution in [3.8, 4) is 5.75 Å². The number of hydrazine groups is 1. The number of amides is 2. The Morgan fingerprint density at radius 2 is 1.22 bits per heavy atom. The lowest BCUT2D eigenvalue weighted by Crippen LogP contribution is -2.55. The lowest BCUT2D eigenvalue weighted by molar-refractivity contribution is -0.138. The van der Waals surface area contributed by atoms with Crippen LogP contribution in [0.25, 0.3) is 0 Å². The fourth-order valence-corrected chi connectivity index (χ4v) is 3.78. The van der Waals surface area contributed by atoms with Gasteiger partial charge in [0.2, 0.25) is 0 Å². The molecule has 0 saturated carbocycles. The summed E-state index contributed by atoms with van der Waals surface area (Å²) in [5.41, 5.74) is 3.79. The van der Waals surface area contributed by atoms with E-state index in [1.54, 1.807) is 72.8 Å². The van der Waals surface area contributed by atoms with E-state index in [9.17, 15) is 14.7 Å². The van der Waals surface area contributed by atoms with Crippen LogP contribution in [0.2, 0.25) is 0 Å². The number of nitrogens with one attached hydrogen (secondary N) is 1. The number of aryl methyl sites for hydroxylation is 2. The van der Waals surface area contributed by atoms with Crippen LogP contribution in [0.1, 0.15) is 22.3 Å². The predicted octanol–water partition coefficient (Wildman–Crippen LogP) is 4.68. The van der Waals surface area contributed by atoms with E-state index < -0.39 is 17.4 Å². The molecule has 0 aliphatic rings. The van der Waals surface area contributed by atoms with E-state index in [-0.39, 0.29) is 6.61 Å². The highest BCUT2D eigenvalue weighted by Gasteiger charge is 2.41. The highest BCUT2D eigenvalue weighted by molar-refractivity contribution is 6.00. The number of rotatable bonds is 7. The number of aliphatic hydroxyl groups is 1. The van der Waals surface area contributed by atoms with Gasteiger partial charge in [-0.1, -0.05) is 96.1 Å². The second-order valence-electron chi connectivity index (χ2n) is 8.55. The minimum atomic E-state index is -2.05. The third-order valence-corrected chi connectivity index (χ3v) is 5.85. The van der Waals surface area contributed by atoms with E-state index in [4.69, 9.17) is 4.74 Å². The molecule has 0 aliphatic carbocycles. The van der Waals surface area contributed by atoms with E-state index in [2.05, 4.69) is 5.43 Å². The Labute approximate surface area is 210 Å². The summed E-state index contributed by atoms with van der Waals surface area (Å²) in [6.45, 7) is 3.54. The van der Waals surface area contributed by atoms with Crippen molar-refractivity contribution in [1.29, 1.82) is 0 Å². The summed E-state index contributed by atoms with van der Waals surface area (Å²) in [6, 6.07) is 31.8. The van der Waals surface area contributed by atoms with Gasteiger partial charge in [0, 0.05) is 0 Å². The standard InChI is InChI=1S/C30H28N2O4/c1-22-13-17-24(18-14-22)30(35,25-19-15-23(2)16-20-25)29(34)31-32(26-9-5-3-6-10-26)28(33)21-36-27-11-7-4-8-12-27/h3-20,35H,21H2,1-2H3,(H,31,34). The molecule has 4 rings (SSSR count). The normalized spacial score (nSPS) is 11.0. The first-order valence-corrected chi connectivity index (χ1v) is 11.6. The molecule has 0 atom stereocenters. The Kier molecular flexibility index (Phi) is 7.47. The Hall–Kier alpha value is -4.42. The number of hydrogen-bond donors (Lipinski definition) is 2. The molecule has 0 aliphatic heterocycles. The van der Waals surface area contributed by atoms with Gasteiger partial charge in [-0.05, 0) is 49.2 Å². The molecule has 182 valence electrons. The molecule has 0 unspecified atom stereocenters. The van der Waals surface area contributed by atoms with Gasteiger partial charge in [0.25, 0.3) is 11.8 Å². The Balaban J connectivity index is 1.68. The van der Waals surface area contributed by atoms with Crippen molar-refractivity contribution in [2.75, 3.05) is 11.6 Å². The molecule has 4 aromatic carbocycles. The molecule has 0 fully saturated rings. The van der Waals surface area contributed by atoms with Crippen molar-refractivity contribution in [2.24, 2.45) is 0 Å². The van der Waals surface area contributed by atoms with E-state index in [1.807, 2.05) is 50.2 Å². The zero-order valence-electron chi connectivity index (χ0n) is 20.2. The zero-order chi connectivity index (χ0) is 25.5. The van der Waals surface area contributed by atoms with E-state index in [1.165, 1.54) is 0 Å². The number of hydrogen-bond acceptors (Lipinski definition) is 4. The Morgan fingerprint density at radius 3 is 1.72 bits per heavy atom.